The number of nitrogens with two attached hydrogens (primary N) is 2. The molecule has 2 aromatic carbocycles. The molecule has 0 bridgehead atoms. The van der Waals surface area contributed by atoms with E-state index in [0.29, 0.717) is 11.6 Å². The van der Waals surface area contributed by atoms with Crippen LogP contribution in [0.3, 0.4) is 0 Å². The number of anilines is 2. The Balaban J connectivity index is 0.000000158. The summed E-state index contributed by atoms with van der Waals surface area (Å²) in [7, 11) is 0. The van der Waals surface area contributed by atoms with Gasteiger partial charge in [-0.25, -0.2) is 29.5 Å². The highest BCUT2D eigenvalue weighted by molar-refractivity contribution is 6.27. The lowest BCUT2D eigenvalue weighted by molar-refractivity contribution is -0.159. The molecule has 0 atom stereocenters. The fourth-order valence-electron chi connectivity index (χ4n) is 2.05. The van der Waals surface area contributed by atoms with Crippen molar-refractivity contribution in [3.05, 3.63) is 61.2 Å². The number of hydrogen-bond acceptors (Lipinski definition) is 8. The zero-order valence-electron chi connectivity index (χ0n) is 14.4. The number of carbonyl (C=O) groups is 2. The summed E-state index contributed by atoms with van der Waals surface area (Å²) < 4.78 is 0. The highest BCUT2D eigenvalue weighted by atomic mass is 16.4. The van der Waals surface area contributed by atoms with Crippen molar-refractivity contribution in [1.29, 1.82) is 0 Å². The molecule has 0 spiro atoms. The number of fused-ring (bicyclic) bond motifs is 2. The van der Waals surface area contributed by atoms with Crippen LogP contribution >= 0.6 is 0 Å². The van der Waals surface area contributed by atoms with Gasteiger partial charge in [0.25, 0.3) is 0 Å². The summed E-state index contributed by atoms with van der Waals surface area (Å²) in [5.74, 6) is -2.57. The van der Waals surface area contributed by atoms with E-state index >= 15 is 0 Å². The predicted octanol–water partition coefficient (Wildman–Crippen LogP) is 1.58. The van der Waals surface area contributed by atoms with Crippen LogP contribution in [-0.2, 0) is 9.59 Å². The van der Waals surface area contributed by atoms with E-state index < -0.39 is 11.9 Å². The number of carboxylic acids is 2. The zero-order valence-corrected chi connectivity index (χ0v) is 14.4. The molecule has 0 radical (unpaired) electrons. The van der Waals surface area contributed by atoms with E-state index in [-0.39, 0.29) is 0 Å². The Labute approximate surface area is 158 Å². The Morgan fingerprint density at radius 1 is 0.643 bits per heavy atom. The van der Waals surface area contributed by atoms with Gasteiger partial charge in [0, 0.05) is 10.8 Å². The molecular weight excluding hydrogens is 364 g/mol. The molecule has 10 nitrogen and oxygen atoms in total. The van der Waals surface area contributed by atoms with Crippen molar-refractivity contribution in [3.63, 3.8) is 0 Å². The SMILES string of the molecule is Nc1ncnc2ccccc12.Nc1ncnc2ccccc12.O=C(O)C(=O)O. The van der Waals surface area contributed by atoms with Gasteiger partial charge in [-0.1, -0.05) is 24.3 Å². The maximum absolute atomic E-state index is 9.10. The fourth-order valence-corrected chi connectivity index (χ4v) is 2.05. The number of benzene rings is 2. The zero-order chi connectivity index (χ0) is 20.5. The van der Waals surface area contributed by atoms with Crippen molar-refractivity contribution in [2.75, 3.05) is 11.5 Å². The summed E-state index contributed by atoms with van der Waals surface area (Å²) in [6.07, 6.45) is 2.94. The van der Waals surface area contributed by atoms with Crippen LogP contribution in [0, 0.1) is 0 Å². The standard InChI is InChI=1S/2C8H7N3.C2H2O4/c2*9-8-6-3-1-2-4-7(6)10-5-11-8;3-1(4)2(5)6/h2*1-5H,(H2,9,10,11);(H,3,4)(H,5,6). The topological polar surface area (TPSA) is 178 Å². The highest BCUT2D eigenvalue weighted by Gasteiger charge is 2.04. The number of nitrogens with zero attached hydrogens (tertiary/aromatic N) is 4. The second-order valence-corrected chi connectivity index (χ2v) is 5.16. The van der Waals surface area contributed by atoms with Gasteiger partial charge in [-0.05, 0) is 24.3 Å². The maximum Gasteiger partial charge on any atom is 0.414 e. The Bertz CT molecular complexity index is 1020. The van der Waals surface area contributed by atoms with Gasteiger partial charge >= 0.3 is 11.9 Å². The number of aromatic nitrogens is 4. The van der Waals surface area contributed by atoms with E-state index in [4.69, 9.17) is 31.3 Å². The first-order valence-corrected chi connectivity index (χ1v) is 7.76. The van der Waals surface area contributed by atoms with Crippen molar-refractivity contribution >= 4 is 45.4 Å². The lowest BCUT2D eigenvalue weighted by Crippen LogP contribution is -2.09. The third-order valence-electron chi connectivity index (χ3n) is 3.33. The van der Waals surface area contributed by atoms with Gasteiger partial charge in [0.15, 0.2) is 0 Å². The first kappa shape index (κ1) is 20.0. The lowest BCUT2D eigenvalue weighted by atomic mass is 10.2. The third kappa shape index (κ3) is 5.33. The molecule has 0 aliphatic carbocycles. The second kappa shape index (κ2) is 9.38. The van der Waals surface area contributed by atoms with Crippen LogP contribution in [0.4, 0.5) is 11.6 Å². The van der Waals surface area contributed by atoms with Gasteiger partial charge in [-0.3, -0.25) is 0 Å². The second-order valence-electron chi connectivity index (χ2n) is 5.16. The molecule has 6 N–H and O–H groups in total. The average molecular weight is 380 g/mol. The van der Waals surface area contributed by atoms with Gasteiger partial charge < -0.3 is 21.7 Å². The largest absolute Gasteiger partial charge is 0.473 e. The van der Waals surface area contributed by atoms with E-state index in [2.05, 4.69) is 19.9 Å². The molecule has 2 heterocycles. The van der Waals surface area contributed by atoms with Crippen LogP contribution in [-0.4, -0.2) is 42.1 Å². The summed E-state index contributed by atoms with van der Waals surface area (Å²) in [5.41, 5.74) is 13.0. The number of para-hydroxylation sites is 2. The minimum atomic E-state index is -1.82. The summed E-state index contributed by atoms with van der Waals surface area (Å²) in [6.45, 7) is 0. The Morgan fingerprint density at radius 2 is 1.00 bits per heavy atom. The molecular formula is C18H16N6O4. The minimum Gasteiger partial charge on any atom is -0.473 e. The van der Waals surface area contributed by atoms with Gasteiger partial charge in [0.1, 0.15) is 24.3 Å². The summed E-state index contributed by atoms with van der Waals surface area (Å²) >= 11 is 0. The average Bonchev–Trinajstić information content (AvgIpc) is 2.70. The predicted molar refractivity (Wildman–Crippen MR) is 103 cm³/mol. The summed E-state index contributed by atoms with van der Waals surface area (Å²) in [4.78, 5) is 34.0. The fraction of sp³-hybridized carbons (Fsp3) is 0. The number of hydrogen-bond donors (Lipinski definition) is 4. The van der Waals surface area contributed by atoms with Crippen LogP contribution in [0.15, 0.2) is 61.2 Å². The molecule has 0 aliphatic heterocycles. The molecule has 28 heavy (non-hydrogen) atoms. The van der Waals surface area contributed by atoms with E-state index in [0.717, 1.165) is 21.8 Å². The first-order chi connectivity index (χ1) is 13.4. The maximum atomic E-state index is 9.10. The van der Waals surface area contributed by atoms with E-state index in [9.17, 15) is 0 Å². The smallest absolute Gasteiger partial charge is 0.414 e. The molecule has 0 unspecified atom stereocenters. The van der Waals surface area contributed by atoms with Gasteiger partial charge in [-0.15, -0.1) is 0 Å². The Hall–Kier alpha value is -4.34. The molecule has 0 fully saturated rings. The quantitative estimate of drug-likeness (QED) is 0.327. The van der Waals surface area contributed by atoms with Crippen LogP contribution in [0.5, 0.6) is 0 Å². The van der Waals surface area contributed by atoms with E-state index in [1.807, 2.05) is 48.5 Å². The number of nitrogen functional groups attached to an aromatic ring is 2. The summed E-state index contributed by atoms with van der Waals surface area (Å²) in [5, 5.41) is 16.6. The van der Waals surface area contributed by atoms with Crippen LogP contribution < -0.4 is 11.5 Å². The lowest BCUT2D eigenvalue weighted by Gasteiger charge is -1.96. The van der Waals surface area contributed by atoms with E-state index in [1.54, 1.807) is 0 Å². The minimum absolute atomic E-state index is 0.538. The van der Waals surface area contributed by atoms with Crippen molar-refractivity contribution in [2.24, 2.45) is 0 Å². The highest BCUT2D eigenvalue weighted by Crippen LogP contribution is 2.15. The number of rotatable bonds is 0. The van der Waals surface area contributed by atoms with Crippen LogP contribution in [0.1, 0.15) is 0 Å². The number of aliphatic carboxylic acids is 2. The van der Waals surface area contributed by atoms with Crippen molar-refractivity contribution in [1.82, 2.24) is 19.9 Å². The van der Waals surface area contributed by atoms with Crippen molar-refractivity contribution in [2.45, 2.75) is 0 Å². The normalized spacial score (nSPS) is 9.57. The molecule has 10 heteroatoms. The third-order valence-corrected chi connectivity index (χ3v) is 3.33. The van der Waals surface area contributed by atoms with Crippen molar-refractivity contribution < 1.29 is 19.8 Å². The number of carboxylic acid groups (broad SMARTS) is 2. The Morgan fingerprint density at radius 3 is 1.32 bits per heavy atom. The first-order valence-electron chi connectivity index (χ1n) is 7.76. The van der Waals surface area contributed by atoms with Gasteiger partial charge in [-0.2, -0.15) is 0 Å². The van der Waals surface area contributed by atoms with Crippen LogP contribution in [0.2, 0.25) is 0 Å². The monoisotopic (exact) mass is 380 g/mol. The molecule has 0 saturated heterocycles. The van der Waals surface area contributed by atoms with E-state index in [1.165, 1.54) is 12.7 Å². The van der Waals surface area contributed by atoms with Crippen molar-refractivity contribution in [3.8, 4) is 0 Å². The molecule has 4 aromatic rings. The Kier molecular flexibility index (Phi) is 6.69. The molecule has 0 saturated carbocycles. The van der Waals surface area contributed by atoms with Gasteiger partial charge in [0.05, 0.1) is 11.0 Å². The molecule has 0 amide bonds. The van der Waals surface area contributed by atoms with Gasteiger partial charge in [0.2, 0.25) is 0 Å². The molecule has 142 valence electrons. The molecule has 0 aliphatic rings. The molecule has 4 rings (SSSR count). The van der Waals surface area contributed by atoms with Crippen LogP contribution in [0.25, 0.3) is 21.8 Å². The summed E-state index contributed by atoms with van der Waals surface area (Å²) in [6, 6.07) is 15.3. The molecule has 2 aromatic heterocycles.